The van der Waals surface area contributed by atoms with Gasteiger partial charge in [0.15, 0.2) is 0 Å². The van der Waals surface area contributed by atoms with Crippen LogP contribution in [-0.4, -0.2) is 35.0 Å². The van der Waals surface area contributed by atoms with Crippen LogP contribution in [-0.2, 0) is 4.79 Å². The lowest BCUT2D eigenvalue weighted by Gasteiger charge is -2.27. The smallest absolute Gasteiger partial charge is 0.460 e. The van der Waals surface area contributed by atoms with E-state index in [0.717, 1.165) is 23.5 Å². The number of carboxylic acid groups (broad SMARTS) is 1. The SMILES string of the molecule is O=C(O)c1cccc(NC(=O)C(F)(F)C(F)(F)C(F)(F)F)c1. The molecule has 22 heavy (non-hydrogen) atoms. The highest BCUT2D eigenvalue weighted by Crippen LogP contribution is 2.46. The van der Waals surface area contributed by atoms with Crippen molar-refractivity contribution in [1.82, 2.24) is 0 Å². The van der Waals surface area contributed by atoms with Crippen molar-refractivity contribution >= 4 is 17.6 Å². The van der Waals surface area contributed by atoms with Crippen LogP contribution in [0.3, 0.4) is 0 Å². The van der Waals surface area contributed by atoms with E-state index in [1.807, 2.05) is 0 Å². The van der Waals surface area contributed by atoms with Gasteiger partial charge in [0, 0.05) is 5.69 Å². The van der Waals surface area contributed by atoms with Crippen LogP contribution in [0.4, 0.5) is 36.4 Å². The summed E-state index contributed by atoms with van der Waals surface area (Å²) in [6, 6.07) is 3.41. The zero-order chi connectivity index (χ0) is 17.3. The van der Waals surface area contributed by atoms with Crippen molar-refractivity contribution < 1.29 is 45.4 Å². The summed E-state index contributed by atoms with van der Waals surface area (Å²) in [5.41, 5.74) is -1.17. The van der Waals surface area contributed by atoms with E-state index in [1.165, 1.54) is 0 Å². The molecule has 0 heterocycles. The maximum absolute atomic E-state index is 13.0. The third kappa shape index (κ3) is 3.12. The molecule has 0 fully saturated rings. The Hall–Kier alpha value is -2.33. The average Bonchev–Trinajstić information content (AvgIpc) is 2.37. The van der Waals surface area contributed by atoms with Gasteiger partial charge in [-0.2, -0.15) is 30.7 Å². The quantitative estimate of drug-likeness (QED) is 0.832. The molecule has 1 aromatic rings. The van der Waals surface area contributed by atoms with Gasteiger partial charge in [-0.3, -0.25) is 4.79 Å². The molecule has 0 saturated carbocycles. The summed E-state index contributed by atoms with van der Waals surface area (Å²) in [5.74, 6) is -17.1. The number of nitrogens with one attached hydrogen (secondary N) is 1. The number of carboxylic acids is 1. The van der Waals surface area contributed by atoms with E-state index in [0.29, 0.717) is 6.07 Å². The fourth-order valence-corrected chi connectivity index (χ4v) is 1.26. The molecule has 0 unspecified atom stereocenters. The van der Waals surface area contributed by atoms with E-state index >= 15 is 0 Å². The van der Waals surface area contributed by atoms with Gasteiger partial charge in [-0.25, -0.2) is 4.79 Å². The van der Waals surface area contributed by atoms with E-state index in [2.05, 4.69) is 0 Å². The predicted molar refractivity (Wildman–Crippen MR) is 58.0 cm³/mol. The minimum Gasteiger partial charge on any atom is -0.478 e. The first-order valence-electron chi connectivity index (χ1n) is 5.28. The van der Waals surface area contributed by atoms with Crippen LogP contribution in [0.25, 0.3) is 0 Å². The van der Waals surface area contributed by atoms with E-state index in [4.69, 9.17) is 5.11 Å². The molecule has 1 rings (SSSR count). The number of benzene rings is 1. The van der Waals surface area contributed by atoms with Crippen LogP contribution in [0.15, 0.2) is 24.3 Å². The van der Waals surface area contributed by atoms with Gasteiger partial charge in [0.25, 0.3) is 0 Å². The molecule has 0 saturated heterocycles. The fraction of sp³-hybridized carbons (Fsp3) is 0.273. The highest BCUT2D eigenvalue weighted by Gasteiger charge is 2.76. The maximum Gasteiger partial charge on any atom is 0.460 e. The first kappa shape index (κ1) is 17.7. The highest BCUT2D eigenvalue weighted by atomic mass is 19.4. The normalized spacial score (nSPS) is 12.9. The Balaban J connectivity index is 3.06. The van der Waals surface area contributed by atoms with E-state index in [-0.39, 0.29) is 0 Å². The summed E-state index contributed by atoms with van der Waals surface area (Å²) in [6.45, 7) is 0. The second-order valence-corrected chi connectivity index (χ2v) is 3.99. The van der Waals surface area contributed by atoms with Gasteiger partial charge in [-0.15, -0.1) is 0 Å². The van der Waals surface area contributed by atoms with Crippen molar-refractivity contribution in [2.75, 3.05) is 5.32 Å². The standard InChI is InChI=1S/C11H6F7NO3/c12-9(13,10(14,15)11(16,17)18)8(22)19-6-3-1-2-5(4-6)7(20)21/h1-4H,(H,19,22)(H,20,21). The Bertz CT molecular complexity index is 598. The number of carbonyl (C=O) groups is 2. The summed E-state index contributed by atoms with van der Waals surface area (Å²) in [7, 11) is 0. The topological polar surface area (TPSA) is 66.4 Å². The largest absolute Gasteiger partial charge is 0.478 e. The van der Waals surface area contributed by atoms with Gasteiger partial charge >= 0.3 is 29.9 Å². The van der Waals surface area contributed by atoms with Crippen LogP contribution in [0.2, 0.25) is 0 Å². The molecule has 0 aliphatic heterocycles. The van der Waals surface area contributed by atoms with Gasteiger partial charge in [0.05, 0.1) is 5.56 Å². The maximum atomic E-state index is 13.0. The molecule has 2 N–H and O–H groups in total. The van der Waals surface area contributed by atoms with E-state index in [1.54, 1.807) is 0 Å². The monoisotopic (exact) mass is 333 g/mol. The minimum absolute atomic E-state index is 0.497. The molecule has 0 atom stereocenters. The molecule has 0 aliphatic rings. The van der Waals surface area contributed by atoms with Crippen LogP contribution in [0, 0.1) is 0 Å². The number of rotatable bonds is 4. The van der Waals surface area contributed by atoms with Gasteiger partial charge < -0.3 is 10.4 Å². The number of alkyl halides is 7. The van der Waals surface area contributed by atoms with Gasteiger partial charge in [-0.05, 0) is 18.2 Å². The highest BCUT2D eigenvalue weighted by molar-refractivity contribution is 5.98. The molecule has 1 aromatic carbocycles. The van der Waals surface area contributed by atoms with Crippen molar-refractivity contribution in [1.29, 1.82) is 0 Å². The molecule has 0 aromatic heterocycles. The Kier molecular flexibility index (Phi) is 4.40. The van der Waals surface area contributed by atoms with Crippen molar-refractivity contribution in [3.8, 4) is 0 Å². The second kappa shape index (κ2) is 5.46. The molecule has 11 heteroatoms. The van der Waals surface area contributed by atoms with Crippen molar-refractivity contribution in [2.24, 2.45) is 0 Å². The predicted octanol–water partition coefficient (Wildman–Crippen LogP) is 3.16. The third-order valence-corrected chi connectivity index (χ3v) is 2.40. The lowest BCUT2D eigenvalue weighted by molar-refractivity contribution is -0.343. The number of carbonyl (C=O) groups excluding carboxylic acids is 1. The summed E-state index contributed by atoms with van der Waals surface area (Å²) >= 11 is 0. The molecule has 1 amide bonds. The first-order valence-corrected chi connectivity index (χ1v) is 5.28. The lowest BCUT2D eigenvalue weighted by Crippen LogP contribution is -2.57. The first-order chi connectivity index (χ1) is 9.80. The second-order valence-electron chi connectivity index (χ2n) is 3.99. The van der Waals surface area contributed by atoms with Crippen LogP contribution < -0.4 is 5.32 Å². The minimum atomic E-state index is -6.64. The summed E-state index contributed by atoms with van der Waals surface area (Å²) < 4.78 is 87.1. The van der Waals surface area contributed by atoms with Crippen LogP contribution in [0.1, 0.15) is 10.4 Å². The summed E-state index contributed by atoms with van der Waals surface area (Å²) in [6.07, 6.45) is -6.64. The van der Waals surface area contributed by atoms with Crippen molar-refractivity contribution in [3.63, 3.8) is 0 Å². The Morgan fingerprint density at radius 3 is 2.00 bits per heavy atom. The molecular formula is C11H6F7NO3. The molecule has 0 aliphatic carbocycles. The van der Waals surface area contributed by atoms with E-state index < -0.39 is 41.1 Å². The van der Waals surface area contributed by atoms with Crippen LogP contribution >= 0.6 is 0 Å². The van der Waals surface area contributed by atoms with Gasteiger partial charge in [-0.1, -0.05) is 6.07 Å². The lowest BCUT2D eigenvalue weighted by atomic mass is 10.1. The zero-order valence-corrected chi connectivity index (χ0v) is 10.2. The van der Waals surface area contributed by atoms with Crippen LogP contribution in [0.5, 0.6) is 0 Å². The Labute approximate surface area is 117 Å². The number of amides is 1. The molecule has 122 valence electrons. The zero-order valence-electron chi connectivity index (χ0n) is 10.2. The number of hydrogen-bond acceptors (Lipinski definition) is 2. The number of halogens is 7. The summed E-state index contributed by atoms with van der Waals surface area (Å²) in [5, 5.41) is 9.73. The average molecular weight is 333 g/mol. The van der Waals surface area contributed by atoms with E-state index in [9.17, 15) is 40.3 Å². The van der Waals surface area contributed by atoms with Gasteiger partial charge in [0.2, 0.25) is 0 Å². The summed E-state index contributed by atoms with van der Waals surface area (Å²) in [4.78, 5) is 21.6. The Morgan fingerprint density at radius 1 is 1.00 bits per heavy atom. The number of hydrogen-bond donors (Lipinski definition) is 2. The molecule has 0 radical (unpaired) electrons. The number of anilines is 1. The molecule has 0 bridgehead atoms. The third-order valence-electron chi connectivity index (χ3n) is 2.40. The molecule has 4 nitrogen and oxygen atoms in total. The number of aromatic carboxylic acids is 1. The molecule has 0 spiro atoms. The molecular weight excluding hydrogens is 327 g/mol. The Morgan fingerprint density at radius 2 is 1.55 bits per heavy atom. The van der Waals surface area contributed by atoms with Gasteiger partial charge in [0.1, 0.15) is 0 Å². The van der Waals surface area contributed by atoms with Crippen molar-refractivity contribution in [3.05, 3.63) is 29.8 Å². The fourth-order valence-electron chi connectivity index (χ4n) is 1.26. The van der Waals surface area contributed by atoms with Crippen molar-refractivity contribution in [2.45, 2.75) is 18.0 Å².